The van der Waals surface area contributed by atoms with Gasteiger partial charge in [-0.25, -0.2) is 0 Å². The molecule has 130 valence electrons. The van der Waals surface area contributed by atoms with Crippen LogP contribution in [0.4, 0.5) is 0 Å². The third kappa shape index (κ3) is 5.65. The van der Waals surface area contributed by atoms with Gasteiger partial charge in [0.2, 0.25) is 0 Å². The maximum Gasteiger partial charge on any atom is 0.323 e. The highest BCUT2D eigenvalue weighted by Gasteiger charge is 2.18. The van der Waals surface area contributed by atoms with Crippen molar-refractivity contribution in [2.75, 3.05) is 13.7 Å². The van der Waals surface area contributed by atoms with Gasteiger partial charge < -0.3 is 9.47 Å². The van der Waals surface area contributed by atoms with Gasteiger partial charge in [0, 0.05) is 6.42 Å². The van der Waals surface area contributed by atoms with Gasteiger partial charge in [-0.15, -0.1) is 0 Å². The van der Waals surface area contributed by atoms with Gasteiger partial charge in [0.1, 0.15) is 11.7 Å². The second kappa shape index (κ2) is 9.48. The monoisotopic (exact) mass is 337 g/mol. The Hall–Kier alpha value is -2.80. The molecule has 0 amide bonds. The highest BCUT2D eigenvalue weighted by molar-refractivity contribution is 5.75. The van der Waals surface area contributed by atoms with E-state index in [0.29, 0.717) is 13.0 Å². The van der Waals surface area contributed by atoms with E-state index >= 15 is 0 Å². The van der Waals surface area contributed by atoms with Gasteiger partial charge in [-0.1, -0.05) is 43.3 Å². The molecule has 4 heteroatoms. The molecule has 0 spiro atoms. The Morgan fingerprint density at radius 2 is 1.64 bits per heavy atom. The Labute approximate surface area is 149 Å². The minimum absolute atomic E-state index is 0.341. The van der Waals surface area contributed by atoms with Crippen molar-refractivity contribution in [3.63, 3.8) is 0 Å². The fourth-order valence-corrected chi connectivity index (χ4v) is 2.51. The van der Waals surface area contributed by atoms with Crippen LogP contribution >= 0.6 is 0 Å². The first-order valence-corrected chi connectivity index (χ1v) is 8.43. The molecule has 0 saturated carbocycles. The topological polar surface area (TPSA) is 59.3 Å². The summed E-state index contributed by atoms with van der Waals surface area (Å²) in [7, 11) is 1.29. The van der Waals surface area contributed by atoms with Gasteiger partial charge in [0.05, 0.1) is 19.8 Å². The lowest BCUT2D eigenvalue weighted by Gasteiger charge is -2.09. The van der Waals surface area contributed by atoms with Crippen molar-refractivity contribution >= 4 is 5.97 Å². The van der Waals surface area contributed by atoms with Crippen molar-refractivity contribution in [1.29, 1.82) is 5.26 Å². The molecule has 0 bridgehead atoms. The van der Waals surface area contributed by atoms with Gasteiger partial charge in [-0.05, 0) is 41.7 Å². The normalized spacial score (nSPS) is 11.4. The zero-order valence-corrected chi connectivity index (χ0v) is 14.7. The summed E-state index contributed by atoms with van der Waals surface area (Å²) in [6, 6.07) is 18.0. The SMILES string of the molecule is CCc1ccc(CCOc2ccc(CC(C#N)C(=O)OC)cc2)cc1. The molecular formula is C21H23NO3. The Balaban J connectivity index is 1.83. The molecule has 1 atom stereocenters. The smallest absolute Gasteiger partial charge is 0.323 e. The predicted molar refractivity (Wildman–Crippen MR) is 96.3 cm³/mol. The molecule has 2 aromatic carbocycles. The van der Waals surface area contributed by atoms with Gasteiger partial charge >= 0.3 is 5.97 Å². The number of benzene rings is 2. The molecule has 25 heavy (non-hydrogen) atoms. The average molecular weight is 337 g/mol. The molecule has 0 aromatic heterocycles. The number of hydrogen-bond acceptors (Lipinski definition) is 4. The number of nitrogens with zero attached hydrogens (tertiary/aromatic N) is 1. The van der Waals surface area contributed by atoms with Crippen LogP contribution < -0.4 is 4.74 Å². The summed E-state index contributed by atoms with van der Waals surface area (Å²) in [5, 5.41) is 9.03. The van der Waals surface area contributed by atoms with E-state index in [4.69, 9.17) is 10.00 Å². The number of ether oxygens (including phenoxy) is 2. The summed E-state index contributed by atoms with van der Waals surface area (Å²) in [5.74, 6) is -0.500. The molecule has 2 aromatic rings. The van der Waals surface area contributed by atoms with E-state index in [0.717, 1.165) is 24.2 Å². The first-order valence-electron chi connectivity index (χ1n) is 8.43. The number of esters is 1. The second-order valence-electron chi connectivity index (χ2n) is 5.82. The summed E-state index contributed by atoms with van der Waals surface area (Å²) >= 11 is 0. The van der Waals surface area contributed by atoms with Crippen LogP contribution in [0.25, 0.3) is 0 Å². The van der Waals surface area contributed by atoms with Crippen molar-refractivity contribution in [1.82, 2.24) is 0 Å². The lowest BCUT2D eigenvalue weighted by atomic mass is 10.0. The molecule has 0 heterocycles. The van der Waals surface area contributed by atoms with Crippen LogP contribution in [0.5, 0.6) is 5.75 Å². The summed E-state index contributed by atoms with van der Waals surface area (Å²) in [6.07, 6.45) is 2.24. The molecule has 4 nitrogen and oxygen atoms in total. The zero-order valence-electron chi connectivity index (χ0n) is 14.7. The van der Waals surface area contributed by atoms with Crippen LogP contribution in [-0.4, -0.2) is 19.7 Å². The predicted octanol–water partition coefficient (Wildman–Crippen LogP) is 3.73. The number of carbonyl (C=O) groups is 1. The number of methoxy groups -OCH3 is 1. The molecule has 2 rings (SSSR count). The number of hydrogen-bond donors (Lipinski definition) is 0. The Morgan fingerprint density at radius 3 is 2.20 bits per heavy atom. The first-order chi connectivity index (χ1) is 12.2. The van der Waals surface area contributed by atoms with Crippen molar-refractivity contribution in [3.05, 3.63) is 65.2 Å². The molecular weight excluding hydrogens is 314 g/mol. The van der Waals surface area contributed by atoms with E-state index in [-0.39, 0.29) is 0 Å². The van der Waals surface area contributed by atoms with E-state index in [9.17, 15) is 4.79 Å². The Kier molecular flexibility index (Phi) is 7.03. The molecule has 1 unspecified atom stereocenters. The molecule has 0 fully saturated rings. The van der Waals surface area contributed by atoms with E-state index in [1.54, 1.807) is 0 Å². The van der Waals surface area contributed by atoms with Crippen LogP contribution in [0.2, 0.25) is 0 Å². The van der Waals surface area contributed by atoms with Crippen molar-refractivity contribution in [3.8, 4) is 11.8 Å². The number of carbonyl (C=O) groups excluding carboxylic acids is 1. The first kappa shape index (κ1) is 18.5. The number of aryl methyl sites for hydroxylation is 1. The summed E-state index contributed by atoms with van der Waals surface area (Å²) < 4.78 is 10.4. The quantitative estimate of drug-likeness (QED) is 0.689. The molecule has 0 aliphatic rings. The maximum absolute atomic E-state index is 11.5. The van der Waals surface area contributed by atoms with Gasteiger partial charge in [-0.3, -0.25) is 4.79 Å². The fourth-order valence-electron chi connectivity index (χ4n) is 2.51. The van der Waals surface area contributed by atoms with Crippen molar-refractivity contribution in [2.24, 2.45) is 5.92 Å². The van der Waals surface area contributed by atoms with E-state index in [1.165, 1.54) is 18.2 Å². The van der Waals surface area contributed by atoms with Crippen molar-refractivity contribution < 1.29 is 14.3 Å². The second-order valence-corrected chi connectivity index (χ2v) is 5.82. The fraction of sp³-hybridized carbons (Fsp3) is 0.333. The van der Waals surface area contributed by atoms with Crippen LogP contribution in [0.1, 0.15) is 23.6 Å². The van der Waals surface area contributed by atoms with E-state index < -0.39 is 11.9 Å². The highest BCUT2D eigenvalue weighted by Crippen LogP contribution is 2.16. The number of rotatable bonds is 8. The molecule has 0 N–H and O–H groups in total. The van der Waals surface area contributed by atoms with E-state index in [2.05, 4.69) is 35.9 Å². The minimum atomic E-state index is -0.775. The van der Waals surface area contributed by atoms with Crippen LogP contribution in [0, 0.1) is 17.2 Å². The molecule has 0 aliphatic heterocycles. The standard InChI is InChI=1S/C21H23NO3/c1-3-16-4-6-17(7-5-16)12-13-25-20-10-8-18(9-11-20)14-19(15-22)21(23)24-2/h4-11,19H,3,12-14H2,1-2H3. The van der Waals surface area contributed by atoms with Gasteiger partial charge in [-0.2, -0.15) is 5.26 Å². The molecule has 0 radical (unpaired) electrons. The minimum Gasteiger partial charge on any atom is -0.493 e. The lowest BCUT2D eigenvalue weighted by Crippen LogP contribution is -2.16. The summed E-state index contributed by atoms with van der Waals surface area (Å²) in [5.41, 5.74) is 3.49. The zero-order chi connectivity index (χ0) is 18.1. The van der Waals surface area contributed by atoms with Crippen LogP contribution in [-0.2, 0) is 28.8 Å². The summed E-state index contributed by atoms with van der Waals surface area (Å²) in [6.45, 7) is 2.75. The van der Waals surface area contributed by atoms with Gasteiger partial charge in [0.15, 0.2) is 0 Å². The van der Waals surface area contributed by atoms with Crippen LogP contribution in [0.15, 0.2) is 48.5 Å². The molecule has 0 saturated heterocycles. The lowest BCUT2D eigenvalue weighted by molar-refractivity contribution is -0.143. The Bertz CT molecular complexity index is 714. The molecule has 0 aliphatic carbocycles. The van der Waals surface area contributed by atoms with E-state index in [1.807, 2.05) is 30.3 Å². The third-order valence-electron chi connectivity index (χ3n) is 4.10. The average Bonchev–Trinajstić information content (AvgIpc) is 2.67. The summed E-state index contributed by atoms with van der Waals surface area (Å²) in [4.78, 5) is 11.5. The maximum atomic E-state index is 11.5. The van der Waals surface area contributed by atoms with Crippen molar-refractivity contribution in [2.45, 2.75) is 26.2 Å². The number of nitriles is 1. The Morgan fingerprint density at radius 1 is 1.04 bits per heavy atom. The van der Waals surface area contributed by atoms with Crippen LogP contribution in [0.3, 0.4) is 0 Å². The largest absolute Gasteiger partial charge is 0.493 e. The third-order valence-corrected chi connectivity index (χ3v) is 4.10. The highest BCUT2D eigenvalue weighted by atomic mass is 16.5. The van der Waals surface area contributed by atoms with Gasteiger partial charge in [0.25, 0.3) is 0 Å².